The molecule has 0 atom stereocenters. The summed E-state index contributed by atoms with van der Waals surface area (Å²) in [5.41, 5.74) is 1.13. The normalized spacial score (nSPS) is 11.1. The van der Waals surface area contributed by atoms with E-state index in [-0.39, 0.29) is 16.3 Å². The Labute approximate surface area is 122 Å². The molecule has 2 rings (SSSR count). The zero-order valence-electron chi connectivity index (χ0n) is 11.5. The highest BCUT2D eigenvalue weighted by molar-refractivity contribution is 7.92. The second-order valence-corrected chi connectivity index (χ2v) is 6.33. The van der Waals surface area contributed by atoms with Crippen molar-refractivity contribution >= 4 is 21.4 Å². The van der Waals surface area contributed by atoms with E-state index in [2.05, 4.69) is 4.72 Å². The standard InChI is InChI=1S/C14H14N2O4S/c1-10-6-8-12(9-7-10)21(19,20)15-14-11(2)4-3-5-13(14)16(17)18/h3-9,15H,1-2H3. The highest BCUT2D eigenvalue weighted by atomic mass is 32.2. The summed E-state index contributed by atoms with van der Waals surface area (Å²) in [5.74, 6) is 0. The van der Waals surface area contributed by atoms with Crippen molar-refractivity contribution in [3.05, 3.63) is 63.7 Å². The molecule has 6 nitrogen and oxygen atoms in total. The number of nitrogens with zero attached hydrogens (tertiary/aromatic N) is 1. The first-order valence-corrected chi connectivity index (χ1v) is 7.63. The predicted octanol–water partition coefficient (Wildman–Crippen LogP) is 3.01. The van der Waals surface area contributed by atoms with Crippen LogP contribution < -0.4 is 4.72 Å². The van der Waals surface area contributed by atoms with Gasteiger partial charge in [0, 0.05) is 6.07 Å². The van der Waals surface area contributed by atoms with Crippen molar-refractivity contribution in [2.45, 2.75) is 18.7 Å². The number of hydrogen-bond acceptors (Lipinski definition) is 4. The van der Waals surface area contributed by atoms with Crippen LogP contribution in [0.15, 0.2) is 47.4 Å². The average molecular weight is 306 g/mol. The van der Waals surface area contributed by atoms with Crippen LogP contribution in [-0.4, -0.2) is 13.3 Å². The molecule has 1 N–H and O–H groups in total. The molecule has 0 fully saturated rings. The maximum absolute atomic E-state index is 12.3. The molecule has 0 heterocycles. The van der Waals surface area contributed by atoms with Gasteiger partial charge in [0.2, 0.25) is 0 Å². The van der Waals surface area contributed by atoms with Crippen molar-refractivity contribution in [1.29, 1.82) is 0 Å². The van der Waals surface area contributed by atoms with Gasteiger partial charge in [-0.25, -0.2) is 8.42 Å². The van der Waals surface area contributed by atoms with Gasteiger partial charge in [0.25, 0.3) is 15.7 Å². The number of nitrogens with one attached hydrogen (secondary N) is 1. The van der Waals surface area contributed by atoms with E-state index in [4.69, 9.17) is 0 Å². The lowest BCUT2D eigenvalue weighted by atomic mass is 10.2. The average Bonchev–Trinajstić information content (AvgIpc) is 2.41. The van der Waals surface area contributed by atoms with Gasteiger partial charge in [0.1, 0.15) is 5.69 Å². The summed E-state index contributed by atoms with van der Waals surface area (Å²) in [5, 5.41) is 11.0. The monoisotopic (exact) mass is 306 g/mol. The third-order valence-electron chi connectivity index (χ3n) is 3.02. The van der Waals surface area contributed by atoms with Crippen LogP contribution in [0.1, 0.15) is 11.1 Å². The van der Waals surface area contributed by atoms with Crippen LogP contribution in [0.25, 0.3) is 0 Å². The molecule has 0 aliphatic rings. The molecule has 7 heteroatoms. The molecule has 0 aromatic heterocycles. The zero-order valence-corrected chi connectivity index (χ0v) is 12.3. The largest absolute Gasteiger partial charge is 0.293 e. The Bertz CT molecular complexity index is 783. The van der Waals surface area contributed by atoms with E-state index in [9.17, 15) is 18.5 Å². The van der Waals surface area contributed by atoms with Crippen LogP contribution in [0, 0.1) is 24.0 Å². The Hall–Kier alpha value is -2.41. The lowest BCUT2D eigenvalue weighted by molar-refractivity contribution is -0.383. The predicted molar refractivity (Wildman–Crippen MR) is 79.8 cm³/mol. The molecular weight excluding hydrogens is 292 g/mol. The Morgan fingerprint density at radius 3 is 2.24 bits per heavy atom. The molecule has 0 saturated heterocycles. The molecule has 0 saturated carbocycles. The summed E-state index contributed by atoms with van der Waals surface area (Å²) in [6.45, 7) is 3.45. The van der Waals surface area contributed by atoms with Gasteiger partial charge in [0.15, 0.2) is 0 Å². The molecule has 0 aliphatic heterocycles. The Morgan fingerprint density at radius 2 is 1.67 bits per heavy atom. The molecule has 0 bridgehead atoms. The zero-order chi connectivity index (χ0) is 15.6. The van der Waals surface area contributed by atoms with Crippen molar-refractivity contribution in [3.8, 4) is 0 Å². The highest BCUT2D eigenvalue weighted by Gasteiger charge is 2.22. The molecule has 0 amide bonds. The Morgan fingerprint density at radius 1 is 1.05 bits per heavy atom. The van der Waals surface area contributed by atoms with Crippen LogP contribution in [0.2, 0.25) is 0 Å². The molecule has 2 aromatic rings. The van der Waals surface area contributed by atoms with Crippen molar-refractivity contribution in [3.63, 3.8) is 0 Å². The summed E-state index contributed by atoms with van der Waals surface area (Å²) in [4.78, 5) is 10.5. The molecule has 0 spiro atoms. The number of para-hydroxylation sites is 1. The van der Waals surface area contributed by atoms with Gasteiger partial charge in [-0.15, -0.1) is 0 Å². The van der Waals surface area contributed by atoms with Gasteiger partial charge in [-0.1, -0.05) is 29.8 Å². The minimum Gasteiger partial charge on any atom is -0.273 e. The second kappa shape index (κ2) is 5.53. The van der Waals surface area contributed by atoms with E-state index in [0.29, 0.717) is 5.56 Å². The number of nitro benzene ring substituents is 1. The first-order valence-electron chi connectivity index (χ1n) is 6.15. The highest BCUT2D eigenvalue weighted by Crippen LogP contribution is 2.29. The molecule has 110 valence electrons. The Kier molecular flexibility index (Phi) is 3.95. The van der Waals surface area contributed by atoms with Crippen LogP contribution in [0.5, 0.6) is 0 Å². The van der Waals surface area contributed by atoms with Gasteiger partial charge in [-0.2, -0.15) is 0 Å². The molecule has 0 aliphatic carbocycles. The molecule has 21 heavy (non-hydrogen) atoms. The minimum absolute atomic E-state index is 0.0110. The number of benzene rings is 2. The van der Waals surface area contributed by atoms with E-state index in [0.717, 1.165) is 5.56 Å². The summed E-state index contributed by atoms with van der Waals surface area (Å²) in [6, 6.07) is 10.6. The van der Waals surface area contributed by atoms with Crippen molar-refractivity contribution in [2.24, 2.45) is 0 Å². The number of rotatable bonds is 4. The SMILES string of the molecule is Cc1ccc(S(=O)(=O)Nc2c(C)cccc2[N+](=O)[O-])cc1. The lowest BCUT2D eigenvalue weighted by Crippen LogP contribution is -2.15. The van der Waals surface area contributed by atoms with E-state index < -0.39 is 14.9 Å². The first-order chi connectivity index (χ1) is 9.81. The van der Waals surface area contributed by atoms with Gasteiger partial charge in [-0.3, -0.25) is 14.8 Å². The van der Waals surface area contributed by atoms with Gasteiger partial charge < -0.3 is 0 Å². The quantitative estimate of drug-likeness (QED) is 0.694. The molecular formula is C14H14N2O4S. The summed E-state index contributed by atoms with van der Waals surface area (Å²) in [6.07, 6.45) is 0. The number of aryl methyl sites for hydroxylation is 2. The van der Waals surface area contributed by atoms with Gasteiger partial charge in [-0.05, 0) is 31.5 Å². The fourth-order valence-corrected chi connectivity index (χ4v) is 2.99. The van der Waals surface area contributed by atoms with Crippen molar-refractivity contribution < 1.29 is 13.3 Å². The van der Waals surface area contributed by atoms with Crippen molar-refractivity contribution in [2.75, 3.05) is 4.72 Å². The van der Waals surface area contributed by atoms with Crippen LogP contribution in [0.4, 0.5) is 11.4 Å². The van der Waals surface area contributed by atoms with E-state index in [1.165, 1.54) is 24.3 Å². The fourth-order valence-electron chi connectivity index (χ4n) is 1.85. The summed E-state index contributed by atoms with van der Waals surface area (Å²) in [7, 11) is -3.86. The maximum Gasteiger partial charge on any atom is 0.293 e. The Balaban J connectivity index is 2.46. The number of anilines is 1. The van der Waals surface area contributed by atoms with Crippen LogP contribution in [0.3, 0.4) is 0 Å². The second-order valence-electron chi connectivity index (χ2n) is 4.64. The van der Waals surface area contributed by atoms with Crippen LogP contribution in [-0.2, 0) is 10.0 Å². The molecule has 0 radical (unpaired) electrons. The maximum atomic E-state index is 12.3. The smallest absolute Gasteiger partial charge is 0.273 e. The van der Waals surface area contributed by atoms with E-state index >= 15 is 0 Å². The third kappa shape index (κ3) is 3.19. The minimum atomic E-state index is -3.86. The van der Waals surface area contributed by atoms with E-state index in [1.807, 2.05) is 6.92 Å². The van der Waals surface area contributed by atoms with Crippen LogP contribution >= 0.6 is 0 Å². The first kappa shape index (κ1) is 15.0. The summed E-state index contributed by atoms with van der Waals surface area (Å²) < 4.78 is 26.9. The number of hydrogen-bond donors (Lipinski definition) is 1. The van der Waals surface area contributed by atoms with Gasteiger partial charge in [0.05, 0.1) is 9.82 Å². The molecule has 2 aromatic carbocycles. The summed E-state index contributed by atoms with van der Waals surface area (Å²) >= 11 is 0. The number of nitro groups is 1. The van der Waals surface area contributed by atoms with E-state index in [1.54, 1.807) is 25.1 Å². The molecule has 0 unspecified atom stereocenters. The number of sulfonamides is 1. The third-order valence-corrected chi connectivity index (χ3v) is 4.38. The van der Waals surface area contributed by atoms with Gasteiger partial charge >= 0.3 is 0 Å². The van der Waals surface area contributed by atoms with Crippen molar-refractivity contribution in [1.82, 2.24) is 0 Å². The lowest BCUT2D eigenvalue weighted by Gasteiger charge is -2.11. The topological polar surface area (TPSA) is 89.3 Å². The fraction of sp³-hybridized carbons (Fsp3) is 0.143.